The number of aromatic nitrogens is 1. The highest BCUT2D eigenvalue weighted by molar-refractivity contribution is 5.86. The van der Waals surface area contributed by atoms with Gasteiger partial charge >= 0.3 is 0 Å². The van der Waals surface area contributed by atoms with Gasteiger partial charge in [-0.3, -0.25) is 9.78 Å². The number of hydrogen-bond acceptors (Lipinski definition) is 4. The minimum atomic E-state index is 0.0505. The maximum Gasteiger partial charge on any atom is 0.239 e. The van der Waals surface area contributed by atoms with E-state index < -0.39 is 0 Å². The van der Waals surface area contributed by atoms with Crippen molar-refractivity contribution in [2.75, 3.05) is 43.0 Å². The second-order valence-corrected chi connectivity index (χ2v) is 6.95. The second-order valence-electron chi connectivity index (χ2n) is 6.95. The smallest absolute Gasteiger partial charge is 0.239 e. The summed E-state index contributed by atoms with van der Waals surface area (Å²) in [5, 5.41) is 5.57. The molecule has 5 nitrogen and oxygen atoms in total. The molecule has 1 amide bonds. The number of carbonyl (C=O) groups excluding carboxylic acids is 1. The van der Waals surface area contributed by atoms with E-state index in [1.165, 1.54) is 16.3 Å². The maximum absolute atomic E-state index is 12.5. The lowest BCUT2D eigenvalue weighted by molar-refractivity contribution is -0.119. The van der Waals surface area contributed by atoms with Crippen molar-refractivity contribution in [3.8, 4) is 0 Å². The fourth-order valence-corrected chi connectivity index (χ4v) is 3.70. The summed E-state index contributed by atoms with van der Waals surface area (Å²) in [5.41, 5.74) is 3.41. The van der Waals surface area contributed by atoms with Crippen LogP contribution in [0.2, 0.25) is 0 Å². The van der Waals surface area contributed by atoms with Gasteiger partial charge in [-0.25, -0.2) is 0 Å². The summed E-state index contributed by atoms with van der Waals surface area (Å²) in [6, 6.07) is 16.7. The summed E-state index contributed by atoms with van der Waals surface area (Å²) < 4.78 is 0. The van der Waals surface area contributed by atoms with Gasteiger partial charge in [0.15, 0.2) is 0 Å². The van der Waals surface area contributed by atoms with Crippen LogP contribution in [0.1, 0.15) is 5.56 Å². The molecule has 0 aliphatic carbocycles. The van der Waals surface area contributed by atoms with E-state index in [4.69, 9.17) is 0 Å². The van der Waals surface area contributed by atoms with Crippen LogP contribution in [0.15, 0.2) is 60.9 Å². The minimum absolute atomic E-state index is 0.0505. The van der Waals surface area contributed by atoms with Crippen LogP contribution >= 0.6 is 0 Å². The number of amides is 1. The van der Waals surface area contributed by atoms with E-state index in [0.29, 0.717) is 13.1 Å². The summed E-state index contributed by atoms with van der Waals surface area (Å²) in [5.74, 6) is 0.0505. The average Bonchev–Trinajstić information content (AvgIpc) is 2.70. The third-order valence-electron chi connectivity index (χ3n) is 5.17. The molecule has 1 aliphatic heterocycles. The molecule has 1 aromatic heterocycles. The summed E-state index contributed by atoms with van der Waals surface area (Å²) in [7, 11) is 2.07. The van der Waals surface area contributed by atoms with E-state index in [9.17, 15) is 4.79 Å². The number of anilines is 2. The molecule has 138 valence electrons. The Labute approximate surface area is 159 Å². The SMILES string of the molecule is CN1CCN(CC(=O)NCCc2cccc3ccccc23)c2cnccc21. The van der Waals surface area contributed by atoms with Gasteiger partial charge in [-0.15, -0.1) is 0 Å². The first-order valence-corrected chi connectivity index (χ1v) is 9.36. The summed E-state index contributed by atoms with van der Waals surface area (Å²) in [6.07, 6.45) is 4.46. The molecule has 4 rings (SSSR count). The van der Waals surface area contributed by atoms with Gasteiger partial charge in [-0.1, -0.05) is 42.5 Å². The van der Waals surface area contributed by atoms with Crippen LogP contribution in [0.3, 0.4) is 0 Å². The zero-order valence-electron chi connectivity index (χ0n) is 15.6. The van der Waals surface area contributed by atoms with Gasteiger partial charge in [0.25, 0.3) is 0 Å². The zero-order valence-corrected chi connectivity index (χ0v) is 15.6. The standard InChI is InChI=1S/C22H24N4O/c1-25-13-14-26(21-15-23-11-10-20(21)25)16-22(27)24-12-9-18-7-4-6-17-5-2-3-8-19(17)18/h2-8,10-11,15H,9,12-14,16H2,1H3,(H,24,27). The monoisotopic (exact) mass is 360 g/mol. The predicted octanol–water partition coefficient (Wildman–Crippen LogP) is 2.85. The highest BCUT2D eigenvalue weighted by Gasteiger charge is 2.21. The van der Waals surface area contributed by atoms with Crippen molar-refractivity contribution in [2.45, 2.75) is 6.42 Å². The molecule has 3 aromatic rings. The van der Waals surface area contributed by atoms with Crippen LogP contribution in [0.5, 0.6) is 0 Å². The van der Waals surface area contributed by atoms with Gasteiger partial charge in [0.2, 0.25) is 5.91 Å². The Kier molecular flexibility index (Phi) is 4.92. The van der Waals surface area contributed by atoms with Crippen molar-refractivity contribution < 1.29 is 4.79 Å². The molecule has 2 heterocycles. The number of likely N-dealkylation sites (N-methyl/N-ethyl adjacent to an activating group) is 1. The highest BCUT2D eigenvalue weighted by atomic mass is 16.2. The fraction of sp³-hybridized carbons (Fsp3) is 0.273. The highest BCUT2D eigenvalue weighted by Crippen LogP contribution is 2.30. The van der Waals surface area contributed by atoms with Gasteiger partial charge in [0, 0.05) is 32.9 Å². The van der Waals surface area contributed by atoms with Gasteiger partial charge in [0.1, 0.15) is 0 Å². The normalized spacial score (nSPS) is 13.5. The van der Waals surface area contributed by atoms with Gasteiger partial charge < -0.3 is 15.1 Å². The van der Waals surface area contributed by atoms with Crippen LogP contribution < -0.4 is 15.1 Å². The van der Waals surface area contributed by atoms with Crippen LogP contribution in [0, 0.1) is 0 Å². The molecule has 0 bridgehead atoms. The number of nitrogens with zero attached hydrogens (tertiary/aromatic N) is 3. The Hall–Kier alpha value is -3.08. The van der Waals surface area contributed by atoms with Crippen molar-refractivity contribution >= 4 is 28.1 Å². The Morgan fingerprint density at radius 2 is 1.93 bits per heavy atom. The van der Waals surface area contributed by atoms with Crippen LogP contribution in [-0.4, -0.2) is 44.1 Å². The molecule has 0 unspecified atom stereocenters. The molecule has 0 saturated carbocycles. The molecule has 1 aliphatic rings. The molecule has 2 aromatic carbocycles. The van der Waals surface area contributed by atoms with Gasteiger partial charge in [0.05, 0.1) is 24.1 Å². The van der Waals surface area contributed by atoms with Crippen LogP contribution in [0.25, 0.3) is 10.8 Å². The summed E-state index contributed by atoms with van der Waals surface area (Å²) in [4.78, 5) is 21.0. The first kappa shape index (κ1) is 17.3. The predicted molar refractivity (Wildman–Crippen MR) is 110 cm³/mol. The van der Waals surface area contributed by atoms with Gasteiger partial charge in [-0.2, -0.15) is 0 Å². The minimum Gasteiger partial charge on any atom is -0.371 e. The van der Waals surface area contributed by atoms with E-state index in [2.05, 4.69) is 69.6 Å². The molecule has 0 radical (unpaired) electrons. The fourth-order valence-electron chi connectivity index (χ4n) is 3.70. The van der Waals surface area contributed by atoms with Gasteiger partial charge in [-0.05, 0) is 28.8 Å². The molecular weight excluding hydrogens is 336 g/mol. The Balaban J connectivity index is 1.36. The average molecular weight is 360 g/mol. The lowest BCUT2D eigenvalue weighted by Crippen LogP contribution is -2.44. The number of carbonyl (C=O) groups is 1. The van der Waals surface area contributed by atoms with E-state index in [1.807, 2.05) is 12.3 Å². The van der Waals surface area contributed by atoms with E-state index in [0.717, 1.165) is 30.9 Å². The molecule has 0 atom stereocenters. The molecular formula is C22H24N4O. The third kappa shape index (κ3) is 3.72. The summed E-state index contributed by atoms with van der Waals surface area (Å²) in [6.45, 7) is 2.73. The van der Waals surface area contributed by atoms with E-state index in [-0.39, 0.29) is 5.91 Å². The quantitative estimate of drug-likeness (QED) is 0.760. The van der Waals surface area contributed by atoms with E-state index in [1.54, 1.807) is 6.20 Å². The maximum atomic E-state index is 12.5. The number of fused-ring (bicyclic) bond motifs is 2. The molecule has 27 heavy (non-hydrogen) atoms. The lowest BCUT2D eigenvalue weighted by Gasteiger charge is -2.36. The molecule has 0 fully saturated rings. The first-order valence-electron chi connectivity index (χ1n) is 9.36. The zero-order chi connectivity index (χ0) is 18.6. The number of benzene rings is 2. The van der Waals surface area contributed by atoms with Crippen molar-refractivity contribution in [1.82, 2.24) is 10.3 Å². The van der Waals surface area contributed by atoms with Crippen LogP contribution in [0.4, 0.5) is 11.4 Å². The first-order chi connectivity index (χ1) is 13.2. The number of pyridine rings is 1. The Morgan fingerprint density at radius 3 is 2.85 bits per heavy atom. The second kappa shape index (κ2) is 7.66. The number of hydrogen-bond donors (Lipinski definition) is 1. The molecule has 0 spiro atoms. The van der Waals surface area contributed by atoms with E-state index >= 15 is 0 Å². The van der Waals surface area contributed by atoms with Crippen molar-refractivity contribution in [3.05, 3.63) is 66.5 Å². The topological polar surface area (TPSA) is 48.5 Å². The molecule has 1 N–H and O–H groups in total. The Bertz CT molecular complexity index is 950. The van der Waals surface area contributed by atoms with Crippen molar-refractivity contribution in [2.24, 2.45) is 0 Å². The molecule has 5 heteroatoms. The number of rotatable bonds is 5. The Morgan fingerprint density at radius 1 is 1.07 bits per heavy atom. The largest absolute Gasteiger partial charge is 0.371 e. The lowest BCUT2D eigenvalue weighted by atomic mass is 10.0. The number of nitrogens with one attached hydrogen (secondary N) is 1. The summed E-state index contributed by atoms with van der Waals surface area (Å²) >= 11 is 0. The van der Waals surface area contributed by atoms with Crippen LogP contribution in [-0.2, 0) is 11.2 Å². The third-order valence-corrected chi connectivity index (χ3v) is 5.17. The van der Waals surface area contributed by atoms with Crippen molar-refractivity contribution in [1.29, 1.82) is 0 Å². The van der Waals surface area contributed by atoms with Crippen molar-refractivity contribution in [3.63, 3.8) is 0 Å². The molecule has 0 saturated heterocycles.